The zero-order chi connectivity index (χ0) is 15.8. The first kappa shape index (κ1) is 16.1. The Hall–Kier alpha value is -2.30. The van der Waals surface area contributed by atoms with Crippen LogP contribution in [0.4, 0.5) is 11.8 Å². The summed E-state index contributed by atoms with van der Waals surface area (Å²) < 4.78 is 5.24. The smallest absolute Gasteiger partial charge is 0.224 e. The third-order valence-corrected chi connectivity index (χ3v) is 3.56. The highest BCUT2D eigenvalue weighted by molar-refractivity contribution is 5.42. The SMILES string of the molecule is CCN(CC)c1ccnc(NCCc2cccc(OC)c2)n1. The van der Waals surface area contributed by atoms with Crippen molar-refractivity contribution >= 4 is 11.8 Å². The van der Waals surface area contributed by atoms with Crippen molar-refractivity contribution in [3.05, 3.63) is 42.1 Å². The maximum Gasteiger partial charge on any atom is 0.224 e. The lowest BCUT2D eigenvalue weighted by Crippen LogP contribution is -2.23. The van der Waals surface area contributed by atoms with E-state index in [9.17, 15) is 0 Å². The summed E-state index contributed by atoms with van der Waals surface area (Å²) in [5.41, 5.74) is 1.23. The maximum atomic E-state index is 5.24. The molecule has 0 spiro atoms. The summed E-state index contributed by atoms with van der Waals surface area (Å²) >= 11 is 0. The van der Waals surface area contributed by atoms with Gasteiger partial charge in [0.05, 0.1) is 7.11 Å². The zero-order valence-corrected chi connectivity index (χ0v) is 13.5. The molecule has 1 heterocycles. The van der Waals surface area contributed by atoms with Crippen molar-refractivity contribution in [2.45, 2.75) is 20.3 Å². The van der Waals surface area contributed by atoms with Crippen LogP contribution in [-0.2, 0) is 6.42 Å². The molecular weight excluding hydrogens is 276 g/mol. The molecule has 5 nitrogen and oxygen atoms in total. The summed E-state index contributed by atoms with van der Waals surface area (Å²) in [6.07, 6.45) is 2.70. The Morgan fingerprint density at radius 3 is 2.73 bits per heavy atom. The lowest BCUT2D eigenvalue weighted by Gasteiger charge is -2.19. The minimum atomic E-state index is 0.673. The molecule has 2 rings (SSSR count). The van der Waals surface area contributed by atoms with Crippen LogP contribution in [0, 0.1) is 0 Å². The Bertz CT molecular complexity index is 584. The average Bonchev–Trinajstić information content (AvgIpc) is 2.57. The predicted octanol–water partition coefficient (Wildman–Crippen LogP) is 2.99. The van der Waals surface area contributed by atoms with Crippen LogP contribution in [0.1, 0.15) is 19.4 Å². The van der Waals surface area contributed by atoms with E-state index in [-0.39, 0.29) is 0 Å². The number of nitrogens with one attached hydrogen (secondary N) is 1. The van der Waals surface area contributed by atoms with Crippen molar-refractivity contribution in [1.29, 1.82) is 0 Å². The Kier molecular flexibility index (Phi) is 6.01. The largest absolute Gasteiger partial charge is 0.497 e. The fourth-order valence-corrected chi connectivity index (χ4v) is 2.30. The quantitative estimate of drug-likeness (QED) is 0.812. The van der Waals surface area contributed by atoms with Gasteiger partial charge in [0.15, 0.2) is 0 Å². The molecule has 22 heavy (non-hydrogen) atoms. The molecule has 0 fully saturated rings. The van der Waals surface area contributed by atoms with Crippen molar-refractivity contribution in [2.24, 2.45) is 0 Å². The van der Waals surface area contributed by atoms with E-state index in [1.165, 1.54) is 5.56 Å². The van der Waals surface area contributed by atoms with Crippen LogP contribution in [-0.4, -0.2) is 36.7 Å². The van der Waals surface area contributed by atoms with E-state index in [0.717, 1.165) is 37.6 Å². The summed E-state index contributed by atoms with van der Waals surface area (Å²) in [7, 11) is 1.68. The van der Waals surface area contributed by atoms with E-state index in [1.807, 2.05) is 18.2 Å². The van der Waals surface area contributed by atoms with Gasteiger partial charge in [-0.25, -0.2) is 4.98 Å². The van der Waals surface area contributed by atoms with Crippen molar-refractivity contribution in [2.75, 3.05) is 37.0 Å². The van der Waals surface area contributed by atoms with Gasteiger partial charge >= 0.3 is 0 Å². The number of hydrogen-bond acceptors (Lipinski definition) is 5. The standard InChI is InChI=1S/C17H24N4O/c1-4-21(5-2)16-10-12-19-17(20-16)18-11-9-14-7-6-8-15(13-14)22-3/h6-8,10,12-13H,4-5,9,11H2,1-3H3,(H,18,19,20). The summed E-state index contributed by atoms with van der Waals surface area (Å²) in [5.74, 6) is 2.52. The summed E-state index contributed by atoms with van der Waals surface area (Å²) in [4.78, 5) is 11.0. The van der Waals surface area contributed by atoms with E-state index in [4.69, 9.17) is 4.74 Å². The lowest BCUT2D eigenvalue weighted by molar-refractivity contribution is 0.414. The highest BCUT2D eigenvalue weighted by Crippen LogP contribution is 2.14. The van der Waals surface area contributed by atoms with Gasteiger partial charge in [-0.05, 0) is 44.0 Å². The summed E-state index contributed by atoms with van der Waals surface area (Å²) in [6.45, 7) is 6.92. The first-order chi connectivity index (χ1) is 10.8. The number of methoxy groups -OCH3 is 1. The molecule has 0 unspecified atom stereocenters. The molecule has 1 aromatic carbocycles. The van der Waals surface area contributed by atoms with Crippen LogP contribution >= 0.6 is 0 Å². The number of aromatic nitrogens is 2. The van der Waals surface area contributed by atoms with Crippen LogP contribution in [0.5, 0.6) is 5.75 Å². The van der Waals surface area contributed by atoms with Crippen LogP contribution in [0.15, 0.2) is 36.5 Å². The number of anilines is 2. The molecule has 0 saturated heterocycles. The molecule has 0 atom stereocenters. The molecule has 0 amide bonds. The highest BCUT2D eigenvalue weighted by atomic mass is 16.5. The van der Waals surface area contributed by atoms with Gasteiger partial charge in [-0.1, -0.05) is 12.1 Å². The third-order valence-electron chi connectivity index (χ3n) is 3.56. The van der Waals surface area contributed by atoms with Crippen molar-refractivity contribution in [3.63, 3.8) is 0 Å². The molecule has 1 aromatic heterocycles. The van der Waals surface area contributed by atoms with Gasteiger partial charge in [0.2, 0.25) is 5.95 Å². The average molecular weight is 300 g/mol. The fourth-order valence-electron chi connectivity index (χ4n) is 2.30. The van der Waals surface area contributed by atoms with E-state index < -0.39 is 0 Å². The van der Waals surface area contributed by atoms with Gasteiger partial charge in [-0.3, -0.25) is 0 Å². The van der Waals surface area contributed by atoms with E-state index in [0.29, 0.717) is 5.95 Å². The van der Waals surface area contributed by atoms with Crippen molar-refractivity contribution in [1.82, 2.24) is 9.97 Å². The Balaban J connectivity index is 1.92. The summed E-state index contributed by atoms with van der Waals surface area (Å²) in [6, 6.07) is 10.0. The van der Waals surface area contributed by atoms with Gasteiger partial charge < -0.3 is 15.0 Å². The molecule has 0 bridgehead atoms. The molecule has 5 heteroatoms. The minimum absolute atomic E-state index is 0.673. The zero-order valence-electron chi connectivity index (χ0n) is 13.5. The molecule has 0 aliphatic heterocycles. The van der Waals surface area contributed by atoms with Crippen molar-refractivity contribution < 1.29 is 4.74 Å². The first-order valence-electron chi connectivity index (χ1n) is 7.71. The van der Waals surface area contributed by atoms with Gasteiger partial charge in [-0.15, -0.1) is 0 Å². The molecular formula is C17H24N4O. The summed E-state index contributed by atoms with van der Waals surface area (Å²) in [5, 5.41) is 3.28. The molecule has 2 aromatic rings. The number of ether oxygens (including phenoxy) is 1. The molecule has 0 aliphatic rings. The van der Waals surface area contributed by atoms with Crippen LogP contribution < -0.4 is 15.0 Å². The predicted molar refractivity (Wildman–Crippen MR) is 90.8 cm³/mol. The second kappa shape index (κ2) is 8.22. The normalized spacial score (nSPS) is 10.3. The third kappa shape index (κ3) is 4.35. The first-order valence-corrected chi connectivity index (χ1v) is 7.71. The van der Waals surface area contributed by atoms with Crippen LogP contribution in [0.2, 0.25) is 0 Å². The second-order valence-electron chi connectivity index (χ2n) is 4.94. The molecule has 0 aliphatic carbocycles. The Morgan fingerprint density at radius 2 is 2.00 bits per heavy atom. The van der Waals surface area contributed by atoms with Crippen LogP contribution in [0.3, 0.4) is 0 Å². The number of nitrogens with zero attached hydrogens (tertiary/aromatic N) is 3. The van der Waals surface area contributed by atoms with Crippen LogP contribution in [0.25, 0.3) is 0 Å². The molecule has 0 radical (unpaired) electrons. The molecule has 0 saturated carbocycles. The molecule has 1 N–H and O–H groups in total. The van der Waals surface area contributed by atoms with E-state index in [2.05, 4.69) is 46.2 Å². The fraction of sp³-hybridized carbons (Fsp3) is 0.412. The van der Waals surface area contributed by atoms with E-state index in [1.54, 1.807) is 13.3 Å². The van der Waals surface area contributed by atoms with E-state index >= 15 is 0 Å². The minimum Gasteiger partial charge on any atom is -0.497 e. The topological polar surface area (TPSA) is 50.3 Å². The second-order valence-corrected chi connectivity index (χ2v) is 4.94. The highest BCUT2D eigenvalue weighted by Gasteiger charge is 2.05. The number of hydrogen-bond donors (Lipinski definition) is 1. The van der Waals surface area contributed by atoms with Gasteiger partial charge in [0.25, 0.3) is 0 Å². The van der Waals surface area contributed by atoms with Gasteiger partial charge in [0.1, 0.15) is 11.6 Å². The Morgan fingerprint density at radius 1 is 1.18 bits per heavy atom. The van der Waals surface area contributed by atoms with Gasteiger partial charge in [0, 0.05) is 25.8 Å². The lowest BCUT2D eigenvalue weighted by atomic mass is 10.1. The monoisotopic (exact) mass is 300 g/mol. The number of rotatable bonds is 8. The maximum absolute atomic E-state index is 5.24. The van der Waals surface area contributed by atoms with Crippen molar-refractivity contribution in [3.8, 4) is 5.75 Å². The molecule has 118 valence electrons. The number of benzene rings is 1. The van der Waals surface area contributed by atoms with Gasteiger partial charge in [-0.2, -0.15) is 4.98 Å². The Labute approximate surface area is 132 Å².